The summed E-state index contributed by atoms with van der Waals surface area (Å²) in [4.78, 5) is 10.8. The van der Waals surface area contributed by atoms with Gasteiger partial charge in [-0.3, -0.25) is 4.79 Å². The van der Waals surface area contributed by atoms with Crippen LogP contribution < -0.4 is 0 Å². The number of hydrogen-bond donors (Lipinski definition) is 0. The number of alkyl halides is 3. The van der Waals surface area contributed by atoms with E-state index in [0.717, 1.165) is 12.1 Å². The lowest BCUT2D eigenvalue weighted by molar-refractivity contribution is -0.139. The molecule has 0 saturated carbocycles. The fraction of sp³-hybridized carbons (Fsp3) is 0.231. The molecule has 1 aromatic carbocycles. The fourth-order valence-corrected chi connectivity index (χ4v) is 1.22. The van der Waals surface area contributed by atoms with Crippen molar-refractivity contribution in [2.24, 2.45) is 0 Å². The van der Waals surface area contributed by atoms with Gasteiger partial charge in [0.2, 0.25) is 0 Å². The molecule has 1 rings (SSSR count). The number of halogens is 3. The van der Waals surface area contributed by atoms with Crippen molar-refractivity contribution in [3.63, 3.8) is 0 Å². The fourth-order valence-electron chi connectivity index (χ4n) is 1.22. The highest BCUT2D eigenvalue weighted by molar-refractivity contribution is 5.72. The molecule has 0 aromatic heterocycles. The van der Waals surface area contributed by atoms with E-state index < -0.39 is 17.7 Å². The Morgan fingerprint density at radius 3 is 2.47 bits per heavy atom. The molecule has 0 aliphatic rings. The quantitative estimate of drug-likeness (QED) is 0.580. The van der Waals surface area contributed by atoms with Gasteiger partial charge in [0.25, 0.3) is 0 Å². The van der Waals surface area contributed by atoms with E-state index in [-0.39, 0.29) is 17.5 Å². The molecule has 0 aliphatic carbocycles. The van der Waals surface area contributed by atoms with Crippen molar-refractivity contribution in [2.45, 2.75) is 12.6 Å². The summed E-state index contributed by atoms with van der Waals surface area (Å²) in [5.41, 5.74) is -1.07. The van der Waals surface area contributed by atoms with Gasteiger partial charge in [-0.2, -0.15) is 18.4 Å². The molecule has 0 heterocycles. The van der Waals surface area contributed by atoms with Crippen molar-refractivity contribution in [2.75, 3.05) is 7.11 Å². The first kappa shape index (κ1) is 14.6. The van der Waals surface area contributed by atoms with Crippen molar-refractivity contribution < 1.29 is 22.7 Å². The van der Waals surface area contributed by atoms with E-state index in [1.807, 2.05) is 0 Å². The van der Waals surface area contributed by atoms with Crippen LogP contribution in [0.4, 0.5) is 13.2 Å². The Bertz CT molecular complexity index is 589. The number of methoxy groups -OCH3 is 1. The van der Waals surface area contributed by atoms with Crippen LogP contribution in [0.1, 0.15) is 23.1 Å². The average molecular weight is 267 g/mol. The van der Waals surface area contributed by atoms with Gasteiger partial charge in [-0.15, -0.1) is 0 Å². The standard InChI is InChI=1S/C13H8F3NO2/c1-19-12(18)4-2-3-9-5-10(8-17)7-11(6-9)13(14,15)16/h5-7H,4H2,1H3. The van der Waals surface area contributed by atoms with Gasteiger partial charge in [-0.25, -0.2) is 0 Å². The average Bonchev–Trinajstić information content (AvgIpc) is 2.37. The number of esters is 1. The monoisotopic (exact) mass is 267 g/mol. The molecule has 0 spiro atoms. The van der Waals surface area contributed by atoms with Gasteiger partial charge in [0, 0.05) is 5.56 Å². The summed E-state index contributed by atoms with van der Waals surface area (Å²) in [5, 5.41) is 8.66. The first-order valence-corrected chi connectivity index (χ1v) is 5.05. The van der Waals surface area contributed by atoms with Gasteiger partial charge in [0.1, 0.15) is 6.42 Å². The van der Waals surface area contributed by atoms with E-state index >= 15 is 0 Å². The summed E-state index contributed by atoms with van der Waals surface area (Å²) >= 11 is 0. The second kappa shape index (κ2) is 5.92. The molecule has 0 amide bonds. The van der Waals surface area contributed by atoms with Crippen LogP contribution in [0.3, 0.4) is 0 Å². The molecule has 0 unspecified atom stereocenters. The molecule has 0 atom stereocenters. The van der Waals surface area contributed by atoms with Gasteiger partial charge in [-0.05, 0) is 18.2 Å². The third kappa shape index (κ3) is 4.36. The molecule has 98 valence electrons. The molecule has 6 heteroatoms. The first-order chi connectivity index (χ1) is 8.86. The largest absolute Gasteiger partial charge is 0.468 e. The highest BCUT2D eigenvalue weighted by Crippen LogP contribution is 2.30. The second-order valence-corrected chi connectivity index (χ2v) is 3.46. The van der Waals surface area contributed by atoms with Crippen LogP contribution in [0.5, 0.6) is 0 Å². The van der Waals surface area contributed by atoms with E-state index in [0.29, 0.717) is 0 Å². The first-order valence-electron chi connectivity index (χ1n) is 5.05. The molecule has 0 aliphatic heterocycles. The highest BCUT2D eigenvalue weighted by atomic mass is 19.4. The number of carbonyl (C=O) groups is 1. The minimum atomic E-state index is -4.55. The lowest BCUT2D eigenvalue weighted by atomic mass is 10.1. The summed E-state index contributed by atoms with van der Waals surface area (Å²) in [6, 6.07) is 4.42. The lowest BCUT2D eigenvalue weighted by Crippen LogP contribution is -2.05. The molecule has 0 fully saturated rings. The maximum atomic E-state index is 12.6. The zero-order chi connectivity index (χ0) is 14.5. The maximum absolute atomic E-state index is 12.6. The SMILES string of the molecule is COC(=O)CC#Cc1cc(C#N)cc(C(F)(F)F)c1. The zero-order valence-electron chi connectivity index (χ0n) is 9.84. The topological polar surface area (TPSA) is 50.1 Å². The van der Waals surface area contributed by atoms with Crippen molar-refractivity contribution >= 4 is 5.97 Å². The van der Waals surface area contributed by atoms with Crippen molar-refractivity contribution in [1.82, 2.24) is 0 Å². The van der Waals surface area contributed by atoms with Crippen molar-refractivity contribution in [3.8, 4) is 17.9 Å². The van der Waals surface area contributed by atoms with Crippen molar-refractivity contribution in [1.29, 1.82) is 5.26 Å². The molecule has 0 radical (unpaired) electrons. The van der Waals surface area contributed by atoms with Crippen molar-refractivity contribution in [3.05, 3.63) is 34.9 Å². The van der Waals surface area contributed by atoms with Gasteiger partial charge in [0.15, 0.2) is 0 Å². The van der Waals surface area contributed by atoms with Gasteiger partial charge >= 0.3 is 12.1 Å². The summed E-state index contributed by atoms with van der Waals surface area (Å²) in [6.07, 6.45) is -4.78. The Kier molecular flexibility index (Phi) is 4.55. The predicted octanol–water partition coefficient (Wildman–Crippen LogP) is 2.49. The third-order valence-electron chi connectivity index (χ3n) is 2.08. The van der Waals surface area contributed by atoms with E-state index in [9.17, 15) is 18.0 Å². The summed E-state index contributed by atoms with van der Waals surface area (Å²) in [7, 11) is 1.18. The van der Waals surface area contributed by atoms with Crippen LogP contribution in [-0.4, -0.2) is 13.1 Å². The van der Waals surface area contributed by atoms with E-state index in [1.54, 1.807) is 6.07 Å². The number of hydrogen-bond acceptors (Lipinski definition) is 3. The number of nitrogens with zero attached hydrogens (tertiary/aromatic N) is 1. The number of rotatable bonds is 1. The summed E-state index contributed by atoms with van der Waals surface area (Å²) in [6.45, 7) is 0. The number of benzene rings is 1. The Morgan fingerprint density at radius 1 is 1.32 bits per heavy atom. The molecule has 1 aromatic rings. The summed E-state index contributed by atoms with van der Waals surface area (Å²) in [5.74, 6) is 4.19. The molecule has 0 N–H and O–H groups in total. The minimum Gasteiger partial charge on any atom is -0.468 e. The van der Waals surface area contributed by atoms with Crippen LogP contribution in [-0.2, 0) is 15.7 Å². The maximum Gasteiger partial charge on any atom is 0.416 e. The normalized spacial score (nSPS) is 10.1. The second-order valence-electron chi connectivity index (χ2n) is 3.46. The van der Waals surface area contributed by atoms with Gasteiger partial charge in [-0.1, -0.05) is 11.8 Å². The van der Waals surface area contributed by atoms with E-state index in [2.05, 4.69) is 16.6 Å². The molecule has 19 heavy (non-hydrogen) atoms. The zero-order valence-corrected chi connectivity index (χ0v) is 9.84. The number of ether oxygens (including phenoxy) is 1. The number of carbonyl (C=O) groups excluding carboxylic acids is 1. The highest BCUT2D eigenvalue weighted by Gasteiger charge is 2.31. The Labute approximate surface area is 107 Å². The van der Waals surface area contributed by atoms with Crippen LogP contribution in [0.15, 0.2) is 18.2 Å². The third-order valence-corrected chi connectivity index (χ3v) is 2.08. The van der Waals surface area contributed by atoms with E-state index in [1.165, 1.54) is 13.2 Å². The number of nitriles is 1. The molecule has 0 bridgehead atoms. The van der Waals surface area contributed by atoms with Crippen LogP contribution >= 0.6 is 0 Å². The molecule has 0 saturated heterocycles. The van der Waals surface area contributed by atoms with Gasteiger partial charge < -0.3 is 4.74 Å². The Hall–Kier alpha value is -2.47. The molecular weight excluding hydrogens is 259 g/mol. The lowest BCUT2D eigenvalue weighted by Gasteiger charge is -2.07. The molecule has 3 nitrogen and oxygen atoms in total. The smallest absolute Gasteiger partial charge is 0.416 e. The Balaban J connectivity index is 3.09. The van der Waals surface area contributed by atoms with Crippen LogP contribution in [0.25, 0.3) is 0 Å². The Morgan fingerprint density at radius 2 is 1.95 bits per heavy atom. The van der Waals surface area contributed by atoms with Crippen LogP contribution in [0, 0.1) is 23.2 Å². The summed E-state index contributed by atoms with van der Waals surface area (Å²) < 4.78 is 42.0. The predicted molar refractivity (Wildman–Crippen MR) is 59.7 cm³/mol. The van der Waals surface area contributed by atoms with Crippen LogP contribution in [0.2, 0.25) is 0 Å². The van der Waals surface area contributed by atoms with Gasteiger partial charge in [0.05, 0.1) is 24.3 Å². The molecular formula is C13H8F3NO2. The minimum absolute atomic E-state index is 0.0234. The van der Waals surface area contributed by atoms with E-state index in [4.69, 9.17) is 5.26 Å².